The minimum atomic E-state index is -3.60. The summed E-state index contributed by atoms with van der Waals surface area (Å²) in [5, 5.41) is 0. The summed E-state index contributed by atoms with van der Waals surface area (Å²) in [6, 6.07) is 6.50. The third kappa shape index (κ3) is 5.78. The lowest BCUT2D eigenvalue weighted by Gasteiger charge is -2.21. The van der Waals surface area contributed by atoms with Crippen molar-refractivity contribution < 1.29 is 18.0 Å². The summed E-state index contributed by atoms with van der Waals surface area (Å²) in [5.74, 6) is -0.640. The molecule has 1 N–H and O–H groups in total. The maximum Gasteiger partial charge on any atom is 0.246 e. The molecule has 24 heavy (non-hydrogen) atoms. The zero-order chi connectivity index (χ0) is 18.3. The van der Waals surface area contributed by atoms with Crippen molar-refractivity contribution in [2.75, 3.05) is 33.7 Å². The van der Waals surface area contributed by atoms with Gasteiger partial charge < -0.3 is 9.80 Å². The summed E-state index contributed by atoms with van der Waals surface area (Å²) < 4.78 is 26.7. The van der Waals surface area contributed by atoms with Gasteiger partial charge in [-0.3, -0.25) is 9.59 Å². The lowest BCUT2D eigenvalue weighted by molar-refractivity contribution is -0.136. The number of nitrogens with zero attached hydrogens (tertiary/aromatic N) is 2. The molecule has 0 aliphatic rings. The van der Waals surface area contributed by atoms with Gasteiger partial charge in [0.25, 0.3) is 0 Å². The second kappa shape index (κ2) is 8.60. The highest BCUT2D eigenvalue weighted by atomic mass is 32.2. The molecule has 0 radical (unpaired) electrons. The van der Waals surface area contributed by atoms with E-state index in [2.05, 4.69) is 11.3 Å². The molecule has 0 heterocycles. The molecule has 0 unspecified atom stereocenters. The lowest BCUT2D eigenvalue weighted by atomic mass is 10.2. The van der Waals surface area contributed by atoms with Crippen molar-refractivity contribution >= 4 is 21.8 Å². The van der Waals surface area contributed by atoms with Gasteiger partial charge in [0.05, 0.1) is 11.4 Å². The Bertz CT molecular complexity index is 699. The molecule has 8 heteroatoms. The quantitative estimate of drug-likeness (QED) is 0.685. The fraction of sp³-hybridized carbons (Fsp3) is 0.375. The average Bonchev–Trinajstić information content (AvgIpc) is 2.53. The molecule has 1 aromatic rings. The van der Waals surface area contributed by atoms with Crippen molar-refractivity contribution in [3.05, 3.63) is 42.5 Å². The maximum absolute atomic E-state index is 12.1. The van der Waals surface area contributed by atoms with Crippen molar-refractivity contribution in [2.24, 2.45) is 0 Å². The molecule has 0 atom stereocenters. The molecule has 0 aliphatic carbocycles. The number of sulfonamides is 1. The number of carbonyl (C=O) groups is 2. The molecule has 7 nitrogen and oxygen atoms in total. The van der Waals surface area contributed by atoms with Crippen LogP contribution in [0.5, 0.6) is 0 Å². The molecule has 132 valence electrons. The SMILES string of the molecule is C=CC(=O)N(C)CC(=O)N(C)CCNS(=O)(=O)c1ccc(C)cc1. The first-order chi connectivity index (χ1) is 11.2. The molecule has 0 bridgehead atoms. The van der Waals surface area contributed by atoms with Crippen LogP contribution < -0.4 is 4.72 Å². The highest BCUT2D eigenvalue weighted by Crippen LogP contribution is 2.09. The Morgan fingerprint density at radius 2 is 1.75 bits per heavy atom. The van der Waals surface area contributed by atoms with Crippen LogP contribution >= 0.6 is 0 Å². The van der Waals surface area contributed by atoms with E-state index in [1.54, 1.807) is 19.2 Å². The van der Waals surface area contributed by atoms with Crippen LogP contribution in [0, 0.1) is 6.92 Å². The molecule has 2 amide bonds. The Hall–Kier alpha value is -2.19. The number of nitrogens with one attached hydrogen (secondary N) is 1. The first-order valence-electron chi connectivity index (χ1n) is 7.35. The molecule has 0 fully saturated rings. The molecule has 0 aliphatic heterocycles. The summed E-state index contributed by atoms with van der Waals surface area (Å²) in [6.45, 7) is 5.41. The van der Waals surface area contributed by atoms with Gasteiger partial charge in [-0.25, -0.2) is 13.1 Å². The summed E-state index contributed by atoms with van der Waals surface area (Å²) >= 11 is 0. The maximum atomic E-state index is 12.1. The van der Waals surface area contributed by atoms with Crippen molar-refractivity contribution in [1.29, 1.82) is 0 Å². The van der Waals surface area contributed by atoms with Crippen molar-refractivity contribution in [3.63, 3.8) is 0 Å². The minimum Gasteiger partial charge on any atom is -0.343 e. The molecular formula is C16H23N3O4S. The normalized spacial score (nSPS) is 11.0. The van der Waals surface area contributed by atoms with Gasteiger partial charge in [0.2, 0.25) is 21.8 Å². The van der Waals surface area contributed by atoms with Crippen molar-refractivity contribution in [1.82, 2.24) is 14.5 Å². The Morgan fingerprint density at radius 3 is 2.29 bits per heavy atom. The second-order valence-corrected chi connectivity index (χ2v) is 7.19. The van der Waals surface area contributed by atoms with Gasteiger partial charge in [0.1, 0.15) is 0 Å². The summed E-state index contributed by atoms with van der Waals surface area (Å²) in [7, 11) is -0.558. The van der Waals surface area contributed by atoms with E-state index in [9.17, 15) is 18.0 Å². The highest BCUT2D eigenvalue weighted by Gasteiger charge is 2.16. The van der Waals surface area contributed by atoms with Crippen molar-refractivity contribution in [3.8, 4) is 0 Å². The molecule has 0 saturated heterocycles. The number of amides is 2. The third-order valence-electron chi connectivity index (χ3n) is 3.42. The summed E-state index contributed by atoms with van der Waals surface area (Å²) in [4.78, 5) is 26.1. The van der Waals surface area contributed by atoms with E-state index in [1.807, 2.05) is 6.92 Å². The first-order valence-corrected chi connectivity index (χ1v) is 8.83. The van der Waals surface area contributed by atoms with Crippen LogP contribution in [0.1, 0.15) is 5.56 Å². The molecule has 0 aromatic heterocycles. The van der Waals surface area contributed by atoms with Crippen LogP contribution in [0.15, 0.2) is 41.8 Å². The van der Waals surface area contributed by atoms with Crippen LogP contribution in [0.4, 0.5) is 0 Å². The number of benzene rings is 1. The van der Waals surface area contributed by atoms with E-state index in [4.69, 9.17) is 0 Å². The van der Waals surface area contributed by atoms with Gasteiger partial charge in [-0.1, -0.05) is 24.3 Å². The van der Waals surface area contributed by atoms with E-state index in [1.165, 1.54) is 29.0 Å². The van der Waals surface area contributed by atoms with Crippen LogP contribution in [-0.4, -0.2) is 63.8 Å². The van der Waals surface area contributed by atoms with Gasteiger partial charge in [0.15, 0.2) is 0 Å². The second-order valence-electron chi connectivity index (χ2n) is 5.42. The van der Waals surface area contributed by atoms with Crippen molar-refractivity contribution in [2.45, 2.75) is 11.8 Å². The molecule has 1 rings (SSSR count). The van der Waals surface area contributed by atoms with Gasteiger partial charge >= 0.3 is 0 Å². The highest BCUT2D eigenvalue weighted by molar-refractivity contribution is 7.89. The van der Waals surface area contributed by atoms with Gasteiger partial charge in [-0.05, 0) is 25.1 Å². The number of likely N-dealkylation sites (N-methyl/N-ethyl adjacent to an activating group) is 2. The monoisotopic (exact) mass is 353 g/mol. The topological polar surface area (TPSA) is 86.8 Å². The van der Waals surface area contributed by atoms with Crippen LogP contribution in [0.3, 0.4) is 0 Å². The van der Waals surface area contributed by atoms with Crippen LogP contribution in [0.2, 0.25) is 0 Å². The number of hydrogen-bond donors (Lipinski definition) is 1. The largest absolute Gasteiger partial charge is 0.343 e. The van der Waals surface area contributed by atoms with E-state index in [0.29, 0.717) is 0 Å². The predicted octanol–water partition coefficient (Wildman–Crippen LogP) is 0.376. The number of hydrogen-bond acceptors (Lipinski definition) is 4. The average molecular weight is 353 g/mol. The fourth-order valence-corrected chi connectivity index (χ4v) is 2.85. The van der Waals surface area contributed by atoms with E-state index in [0.717, 1.165) is 11.6 Å². The van der Waals surface area contributed by atoms with E-state index < -0.39 is 10.0 Å². The Kier molecular flexibility index (Phi) is 7.12. The predicted molar refractivity (Wildman–Crippen MR) is 91.8 cm³/mol. The zero-order valence-corrected chi connectivity index (χ0v) is 15.0. The number of carbonyl (C=O) groups excluding carboxylic acids is 2. The number of rotatable bonds is 8. The first kappa shape index (κ1) is 19.9. The third-order valence-corrected chi connectivity index (χ3v) is 4.90. The zero-order valence-electron chi connectivity index (χ0n) is 14.2. The Balaban J connectivity index is 2.51. The van der Waals surface area contributed by atoms with Gasteiger partial charge in [-0.15, -0.1) is 0 Å². The smallest absolute Gasteiger partial charge is 0.246 e. The molecular weight excluding hydrogens is 330 g/mol. The Morgan fingerprint density at radius 1 is 1.17 bits per heavy atom. The standard InChI is InChI=1S/C16H23N3O4S/c1-5-15(20)19(4)12-16(21)18(3)11-10-17-24(22,23)14-8-6-13(2)7-9-14/h5-9,17H,1,10-12H2,2-4H3. The lowest BCUT2D eigenvalue weighted by Crippen LogP contribution is -2.42. The van der Waals surface area contributed by atoms with Crippen LogP contribution in [-0.2, 0) is 19.6 Å². The molecule has 0 saturated carbocycles. The van der Waals surface area contributed by atoms with E-state index in [-0.39, 0.29) is 36.3 Å². The molecule has 1 aromatic carbocycles. The fourth-order valence-electron chi connectivity index (χ4n) is 1.83. The van der Waals surface area contributed by atoms with Gasteiger partial charge in [-0.2, -0.15) is 0 Å². The van der Waals surface area contributed by atoms with E-state index >= 15 is 0 Å². The summed E-state index contributed by atoms with van der Waals surface area (Å²) in [6.07, 6.45) is 1.13. The van der Waals surface area contributed by atoms with Gasteiger partial charge in [0, 0.05) is 27.2 Å². The Labute approximate surface area is 143 Å². The van der Waals surface area contributed by atoms with Crippen LogP contribution in [0.25, 0.3) is 0 Å². The minimum absolute atomic E-state index is 0.0809. The molecule has 0 spiro atoms. The summed E-state index contributed by atoms with van der Waals surface area (Å²) in [5.41, 5.74) is 0.970. The number of aryl methyl sites for hydroxylation is 1.